The van der Waals surface area contributed by atoms with Crippen LogP contribution >= 0.6 is 23.2 Å². The molecule has 0 saturated heterocycles. The largest absolute Gasteiger partial charge is 0.259 e. The lowest BCUT2D eigenvalue weighted by atomic mass is 10.0. The molecule has 0 radical (unpaired) electrons. The number of hydrogen-bond donors (Lipinski definition) is 1. The molecule has 0 bridgehead atoms. The summed E-state index contributed by atoms with van der Waals surface area (Å²) in [6.45, 7) is 0. The molecule has 7 heteroatoms. The fraction of sp³-hybridized carbons (Fsp3) is 0.0556. The summed E-state index contributed by atoms with van der Waals surface area (Å²) in [5, 5.41) is 0.504. The zero-order valence-corrected chi connectivity index (χ0v) is 15.3. The van der Waals surface area contributed by atoms with Crippen molar-refractivity contribution in [2.45, 2.75) is 10.9 Å². The molecule has 25 heavy (non-hydrogen) atoms. The Morgan fingerprint density at radius 1 is 0.880 bits per heavy atom. The normalized spacial score (nSPS) is 12.7. The molecule has 2 aromatic carbocycles. The van der Waals surface area contributed by atoms with Crippen LogP contribution in [0.4, 0.5) is 0 Å². The van der Waals surface area contributed by atoms with Crippen molar-refractivity contribution in [1.82, 2.24) is 9.71 Å². The maximum atomic E-state index is 12.8. The second-order valence-corrected chi connectivity index (χ2v) is 7.91. The molecule has 1 atom stereocenters. The minimum Gasteiger partial charge on any atom is -0.259 e. The van der Waals surface area contributed by atoms with E-state index >= 15 is 0 Å². The second-order valence-electron chi connectivity index (χ2n) is 5.32. The molecular weight excluding hydrogens is 379 g/mol. The van der Waals surface area contributed by atoms with E-state index in [0.717, 1.165) is 5.56 Å². The first-order valence-corrected chi connectivity index (χ1v) is 9.64. The smallest absolute Gasteiger partial charge is 0.241 e. The van der Waals surface area contributed by atoms with Gasteiger partial charge in [-0.3, -0.25) is 4.98 Å². The van der Waals surface area contributed by atoms with Gasteiger partial charge in [0, 0.05) is 16.2 Å². The molecule has 0 aliphatic rings. The molecule has 4 nitrogen and oxygen atoms in total. The fourth-order valence-corrected chi connectivity index (χ4v) is 4.32. The van der Waals surface area contributed by atoms with Crippen molar-refractivity contribution < 1.29 is 8.42 Å². The van der Waals surface area contributed by atoms with Crippen LogP contribution in [0.3, 0.4) is 0 Å². The molecule has 0 amide bonds. The lowest BCUT2D eigenvalue weighted by Gasteiger charge is -2.19. The van der Waals surface area contributed by atoms with Crippen molar-refractivity contribution in [2.24, 2.45) is 0 Å². The molecule has 128 valence electrons. The molecule has 0 spiro atoms. The van der Waals surface area contributed by atoms with E-state index < -0.39 is 16.1 Å². The Morgan fingerprint density at radius 3 is 2.12 bits per heavy atom. The van der Waals surface area contributed by atoms with Crippen LogP contribution in [0.2, 0.25) is 10.0 Å². The number of aromatic nitrogens is 1. The molecule has 0 aliphatic carbocycles. The third-order valence-corrected chi connectivity index (χ3v) is 5.37. The lowest BCUT2D eigenvalue weighted by molar-refractivity contribution is 0.570. The molecular formula is C18H14Cl2N2O2S. The van der Waals surface area contributed by atoms with Gasteiger partial charge in [0.1, 0.15) is 0 Å². The maximum absolute atomic E-state index is 12.8. The van der Waals surface area contributed by atoms with Crippen molar-refractivity contribution in [1.29, 1.82) is 0 Å². The van der Waals surface area contributed by atoms with Crippen molar-refractivity contribution >= 4 is 33.2 Å². The van der Waals surface area contributed by atoms with Gasteiger partial charge < -0.3 is 0 Å². The van der Waals surface area contributed by atoms with Gasteiger partial charge in [-0.05, 0) is 35.9 Å². The minimum atomic E-state index is -3.86. The van der Waals surface area contributed by atoms with Gasteiger partial charge in [-0.1, -0.05) is 59.6 Å². The lowest BCUT2D eigenvalue weighted by Crippen LogP contribution is -2.30. The number of benzene rings is 2. The van der Waals surface area contributed by atoms with E-state index in [1.165, 1.54) is 18.2 Å². The van der Waals surface area contributed by atoms with Crippen molar-refractivity contribution in [3.05, 3.63) is 94.2 Å². The first kappa shape index (κ1) is 17.9. The molecule has 1 N–H and O–H groups in total. The summed E-state index contributed by atoms with van der Waals surface area (Å²) >= 11 is 11.9. The molecule has 3 rings (SSSR count). The second kappa shape index (κ2) is 7.54. The molecule has 1 aromatic heterocycles. The average molecular weight is 393 g/mol. The first-order chi connectivity index (χ1) is 12.0. The Bertz CT molecular complexity index is 905. The van der Waals surface area contributed by atoms with Gasteiger partial charge in [0.2, 0.25) is 10.0 Å². The highest BCUT2D eigenvalue weighted by Gasteiger charge is 2.24. The van der Waals surface area contributed by atoms with E-state index in [4.69, 9.17) is 23.2 Å². The summed E-state index contributed by atoms with van der Waals surface area (Å²) in [5.41, 5.74) is 1.36. The van der Waals surface area contributed by atoms with Gasteiger partial charge in [-0.2, -0.15) is 4.72 Å². The van der Waals surface area contributed by atoms with Gasteiger partial charge in [0.05, 0.1) is 16.6 Å². The van der Waals surface area contributed by atoms with E-state index in [0.29, 0.717) is 5.69 Å². The van der Waals surface area contributed by atoms with Crippen molar-refractivity contribution in [2.75, 3.05) is 0 Å². The third kappa shape index (κ3) is 4.38. The summed E-state index contributed by atoms with van der Waals surface area (Å²) in [4.78, 5) is 4.29. The minimum absolute atomic E-state index is 0.00172. The summed E-state index contributed by atoms with van der Waals surface area (Å²) < 4.78 is 28.4. The van der Waals surface area contributed by atoms with Crippen molar-refractivity contribution in [3.8, 4) is 0 Å². The molecule has 0 fully saturated rings. The average Bonchev–Trinajstić information content (AvgIpc) is 2.60. The van der Waals surface area contributed by atoms with Crippen LogP contribution < -0.4 is 4.72 Å². The zero-order valence-electron chi connectivity index (χ0n) is 12.9. The van der Waals surface area contributed by atoms with Crippen LogP contribution in [0.1, 0.15) is 17.3 Å². The first-order valence-electron chi connectivity index (χ1n) is 7.40. The van der Waals surface area contributed by atoms with Crippen LogP contribution in [0.5, 0.6) is 0 Å². The van der Waals surface area contributed by atoms with E-state index in [2.05, 4.69) is 9.71 Å². The van der Waals surface area contributed by atoms with Gasteiger partial charge >= 0.3 is 0 Å². The summed E-state index contributed by atoms with van der Waals surface area (Å²) in [5.74, 6) is 0. The van der Waals surface area contributed by atoms with E-state index in [-0.39, 0.29) is 14.9 Å². The van der Waals surface area contributed by atoms with Crippen LogP contribution in [0, 0.1) is 0 Å². The summed E-state index contributed by atoms with van der Waals surface area (Å²) in [6.07, 6.45) is 1.62. The quantitative estimate of drug-likeness (QED) is 0.697. The van der Waals surface area contributed by atoms with Crippen LogP contribution in [0.25, 0.3) is 0 Å². The molecule has 0 aliphatic heterocycles. The third-order valence-electron chi connectivity index (χ3n) is 3.54. The highest BCUT2D eigenvalue weighted by Crippen LogP contribution is 2.26. The van der Waals surface area contributed by atoms with Gasteiger partial charge in [0.15, 0.2) is 0 Å². The molecule has 1 heterocycles. The monoisotopic (exact) mass is 392 g/mol. The van der Waals surface area contributed by atoms with Crippen LogP contribution in [0.15, 0.2) is 77.8 Å². The number of sulfonamides is 1. The Balaban J connectivity index is 2.03. The molecule has 3 aromatic rings. The number of halogens is 2. The Labute approximate surface area is 156 Å². The Hall–Kier alpha value is -1.92. The van der Waals surface area contributed by atoms with Crippen LogP contribution in [-0.2, 0) is 10.0 Å². The van der Waals surface area contributed by atoms with E-state index in [1.54, 1.807) is 18.3 Å². The van der Waals surface area contributed by atoms with Gasteiger partial charge in [-0.15, -0.1) is 0 Å². The van der Waals surface area contributed by atoms with E-state index in [1.807, 2.05) is 36.4 Å². The number of nitrogens with one attached hydrogen (secondary N) is 1. The Morgan fingerprint density at radius 2 is 1.52 bits per heavy atom. The molecule has 0 saturated carbocycles. The highest BCUT2D eigenvalue weighted by molar-refractivity contribution is 7.89. The summed E-state index contributed by atoms with van der Waals surface area (Å²) in [7, 11) is -3.86. The number of hydrogen-bond acceptors (Lipinski definition) is 3. The number of pyridine rings is 1. The zero-order chi connectivity index (χ0) is 17.9. The SMILES string of the molecule is O=S(=O)(NC(c1ccccc1)c1ccccn1)c1cc(Cl)cc(Cl)c1. The number of rotatable bonds is 5. The highest BCUT2D eigenvalue weighted by atomic mass is 35.5. The van der Waals surface area contributed by atoms with Gasteiger partial charge in [0.25, 0.3) is 0 Å². The predicted molar refractivity (Wildman–Crippen MR) is 99.3 cm³/mol. The van der Waals surface area contributed by atoms with Gasteiger partial charge in [-0.25, -0.2) is 8.42 Å². The van der Waals surface area contributed by atoms with Crippen LogP contribution in [-0.4, -0.2) is 13.4 Å². The maximum Gasteiger partial charge on any atom is 0.241 e. The molecule has 1 unspecified atom stereocenters. The predicted octanol–water partition coefficient (Wildman–Crippen LogP) is 4.46. The standard InChI is InChI=1S/C18H14Cl2N2O2S/c19-14-10-15(20)12-16(11-14)25(23,24)22-18(13-6-2-1-3-7-13)17-8-4-5-9-21-17/h1-12,18,22H. The number of nitrogens with zero attached hydrogens (tertiary/aromatic N) is 1. The fourth-order valence-electron chi connectivity index (χ4n) is 2.40. The van der Waals surface area contributed by atoms with E-state index in [9.17, 15) is 8.42 Å². The topological polar surface area (TPSA) is 59.1 Å². The summed E-state index contributed by atoms with van der Waals surface area (Å²) in [6, 6.07) is 18.1. The Kier molecular flexibility index (Phi) is 5.39. The van der Waals surface area contributed by atoms with Crippen molar-refractivity contribution in [3.63, 3.8) is 0 Å².